The highest BCUT2D eigenvalue weighted by Crippen LogP contribution is 2.27. The zero-order chi connectivity index (χ0) is 12.7. The van der Waals surface area contributed by atoms with Crippen molar-refractivity contribution in [1.29, 1.82) is 0 Å². The lowest BCUT2D eigenvalue weighted by Gasteiger charge is -2.03. The van der Waals surface area contributed by atoms with Crippen LogP contribution in [-0.2, 0) is 12.7 Å². The first kappa shape index (κ1) is 14.0. The van der Waals surface area contributed by atoms with E-state index in [0.717, 1.165) is 38.3 Å². The van der Waals surface area contributed by atoms with Gasteiger partial charge in [-0.15, -0.1) is 0 Å². The van der Waals surface area contributed by atoms with E-state index in [9.17, 15) is 13.2 Å². The van der Waals surface area contributed by atoms with Gasteiger partial charge in [0, 0.05) is 12.7 Å². The van der Waals surface area contributed by atoms with Crippen LogP contribution in [0.4, 0.5) is 13.2 Å². The monoisotopic (exact) mass is 249 g/mol. The lowest BCUT2D eigenvalue weighted by Crippen LogP contribution is -2.08. The third kappa shape index (κ3) is 5.21. The Hall–Kier alpha value is -1.04. The summed E-state index contributed by atoms with van der Waals surface area (Å²) in [6.07, 6.45) is 1.12. The second-order valence-corrected chi connectivity index (χ2v) is 3.98. The van der Waals surface area contributed by atoms with Crippen molar-refractivity contribution in [3.63, 3.8) is 0 Å². The molecule has 6 heteroatoms. The van der Waals surface area contributed by atoms with Crippen molar-refractivity contribution in [3.05, 3.63) is 18.0 Å². The van der Waals surface area contributed by atoms with Crippen molar-refractivity contribution in [2.75, 3.05) is 13.6 Å². The van der Waals surface area contributed by atoms with Gasteiger partial charge in [0.1, 0.15) is 0 Å². The van der Waals surface area contributed by atoms with Gasteiger partial charge in [-0.2, -0.15) is 18.3 Å². The van der Waals surface area contributed by atoms with Crippen molar-refractivity contribution in [3.8, 4) is 0 Å². The van der Waals surface area contributed by atoms with Gasteiger partial charge in [0.05, 0.1) is 0 Å². The van der Waals surface area contributed by atoms with Gasteiger partial charge < -0.3 is 5.32 Å². The van der Waals surface area contributed by atoms with Crippen LogP contribution in [0.5, 0.6) is 0 Å². The minimum atomic E-state index is -4.34. The summed E-state index contributed by atoms with van der Waals surface area (Å²) in [5.74, 6) is 0. The number of halogens is 3. The first-order chi connectivity index (χ1) is 8.04. The smallest absolute Gasteiger partial charge is 0.320 e. The molecule has 0 spiro atoms. The molecule has 17 heavy (non-hydrogen) atoms. The Balaban J connectivity index is 2.21. The molecule has 0 unspecified atom stereocenters. The summed E-state index contributed by atoms with van der Waals surface area (Å²) in [4.78, 5) is 0. The van der Waals surface area contributed by atoms with Gasteiger partial charge in [0.2, 0.25) is 0 Å². The average Bonchev–Trinajstić information content (AvgIpc) is 2.71. The molecule has 0 saturated carbocycles. The Kier molecular flexibility index (Phi) is 5.47. The average molecular weight is 249 g/mol. The van der Waals surface area contributed by atoms with E-state index in [1.165, 1.54) is 10.9 Å². The number of unbranched alkanes of at least 4 members (excludes halogenated alkanes) is 3. The van der Waals surface area contributed by atoms with Gasteiger partial charge >= 0.3 is 6.18 Å². The van der Waals surface area contributed by atoms with E-state index in [2.05, 4.69) is 10.4 Å². The quantitative estimate of drug-likeness (QED) is 0.753. The molecule has 1 heterocycles. The summed E-state index contributed by atoms with van der Waals surface area (Å²) in [7, 11) is 1.91. The zero-order valence-electron chi connectivity index (χ0n) is 9.93. The fraction of sp³-hybridized carbons (Fsp3) is 0.727. The largest absolute Gasteiger partial charge is 0.435 e. The molecule has 1 N–H and O–H groups in total. The molecule has 0 aliphatic heterocycles. The number of alkyl halides is 3. The number of hydrogen-bond donors (Lipinski definition) is 1. The highest BCUT2D eigenvalue weighted by molar-refractivity contribution is 5.02. The van der Waals surface area contributed by atoms with Crippen molar-refractivity contribution >= 4 is 0 Å². The maximum Gasteiger partial charge on any atom is 0.435 e. The lowest BCUT2D eigenvalue weighted by atomic mass is 10.2. The van der Waals surface area contributed by atoms with Crippen LogP contribution in [0.15, 0.2) is 12.3 Å². The fourth-order valence-electron chi connectivity index (χ4n) is 1.57. The number of aryl methyl sites for hydroxylation is 1. The molecule has 0 bridgehead atoms. The molecule has 3 nitrogen and oxygen atoms in total. The Labute approximate surface area is 99.0 Å². The molecule has 0 amide bonds. The third-order valence-corrected chi connectivity index (χ3v) is 2.50. The summed E-state index contributed by atoms with van der Waals surface area (Å²) in [5.41, 5.74) is -0.812. The Morgan fingerprint density at radius 1 is 1.24 bits per heavy atom. The van der Waals surface area contributed by atoms with E-state index in [1.807, 2.05) is 7.05 Å². The Morgan fingerprint density at radius 3 is 2.53 bits per heavy atom. The minimum absolute atomic E-state index is 0.551. The molecule has 1 aromatic rings. The molecular weight excluding hydrogens is 231 g/mol. The highest BCUT2D eigenvalue weighted by Gasteiger charge is 2.33. The molecule has 0 fully saturated rings. The molecule has 0 atom stereocenters. The van der Waals surface area contributed by atoms with Crippen LogP contribution in [0.2, 0.25) is 0 Å². The molecule has 1 rings (SSSR count). The van der Waals surface area contributed by atoms with Crippen LogP contribution in [0.3, 0.4) is 0 Å². The van der Waals surface area contributed by atoms with Crippen LogP contribution < -0.4 is 5.32 Å². The Bertz CT molecular complexity index is 320. The van der Waals surface area contributed by atoms with E-state index < -0.39 is 11.9 Å². The number of nitrogens with one attached hydrogen (secondary N) is 1. The van der Waals surface area contributed by atoms with Gasteiger partial charge in [-0.3, -0.25) is 4.68 Å². The normalized spacial score (nSPS) is 12.0. The molecule has 0 aliphatic rings. The summed E-state index contributed by atoms with van der Waals surface area (Å²) in [6.45, 7) is 1.54. The zero-order valence-corrected chi connectivity index (χ0v) is 9.93. The Morgan fingerprint density at radius 2 is 1.94 bits per heavy atom. The SMILES string of the molecule is CNCCCCCCn1ccc(C(F)(F)F)n1. The van der Waals surface area contributed by atoms with Crippen LogP contribution in [0, 0.1) is 0 Å². The number of aromatic nitrogens is 2. The predicted octanol–water partition coefficient (Wildman–Crippen LogP) is 2.68. The van der Waals surface area contributed by atoms with Crippen LogP contribution >= 0.6 is 0 Å². The fourth-order valence-corrected chi connectivity index (χ4v) is 1.57. The molecule has 0 radical (unpaired) electrons. The van der Waals surface area contributed by atoms with E-state index in [0.29, 0.717) is 6.54 Å². The lowest BCUT2D eigenvalue weighted by molar-refractivity contribution is -0.141. The highest BCUT2D eigenvalue weighted by atomic mass is 19.4. The van der Waals surface area contributed by atoms with Crippen molar-refractivity contribution in [1.82, 2.24) is 15.1 Å². The van der Waals surface area contributed by atoms with E-state index in [-0.39, 0.29) is 0 Å². The summed E-state index contributed by atoms with van der Waals surface area (Å²) >= 11 is 0. The number of hydrogen-bond acceptors (Lipinski definition) is 2. The van der Waals surface area contributed by atoms with Crippen molar-refractivity contribution in [2.24, 2.45) is 0 Å². The molecule has 98 valence electrons. The van der Waals surface area contributed by atoms with Gasteiger partial charge in [-0.25, -0.2) is 0 Å². The van der Waals surface area contributed by atoms with E-state index in [4.69, 9.17) is 0 Å². The van der Waals surface area contributed by atoms with Crippen LogP contribution in [0.25, 0.3) is 0 Å². The topological polar surface area (TPSA) is 29.9 Å². The molecular formula is C11H18F3N3. The predicted molar refractivity (Wildman–Crippen MR) is 59.6 cm³/mol. The number of nitrogens with zero attached hydrogens (tertiary/aromatic N) is 2. The van der Waals surface area contributed by atoms with E-state index >= 15 is 0 Å². The van der Waals surface area contributed by atoms with Gasteiger partial charge in [0.15, 0.2) is 5.69 Å². The molecule has 0 aromatic carbocycles. The molecule has 0 aliphatic carbocycles. The summed E-state index contributed by atoms with van der Waals surface area (Å²) < 4.78 is 38.1. The van der Waals surface area contributed by atoms with E-state index in [1.54, 1.807) is 0 Å². The van der Waals surface area contributed by atoms with Crippen LogP contribution in [0.1, 0.15) is 31.4 Å². The summed E-state index contributed by atoms with van der Waals surface area (Å²) in [5, 5.41) is 6.55. The van der Waals surface area contributed by atoms with Gasteiger partial charge in [0.25, 0.3) is 0 Å². The number of rotatable bonds is 7. The standard InChI is InChI=1S/C11H18F3N3/c1-15-7-4-2-3-5-8-17-9-6-10(16-17)11(12,13)14/h6,9,15H,2-5,7-8H2,1H3. The third-order valence-electron chi connectivity index (χ3n) is 2.50. The first-order valence-electron chi connectivity index (χ1n) is 5.79. The van der Waals surface area contributed by atoms with Crippen LogP contribution in [-0.4, -0.2) is 23.4 Å². The van der Waals surface area contributed by atoms with Crippen molar-refractivity contribution < 1.29 is 13.2 Å². The second-order valence-electron chi connectivity index (χ2n) is 3.98. The molecule has 1 aromatic heterocycles. The van der Waals surface area contributed by atoms with Crippen molar-refractivity contribution in [2.45, 2.75) is 38.4 Å². The maximum absolute atomic E-state index is 12.2. The second kappa shape index (κ2) is 6.64. The van der Waals surface area contributed by atoms with Gasteiger partial charge in [-0.1, -0.05) is 12.8 Å². The molecule has 0 saturated heterocycles. The maximum atomic E-state index is 12.2. The van der Waals surface area contributed by atoms with Gasteiger partial charge in [-0.05, 0) is 32.5 Å². The minimum Gasteiger partial charge on any atom is -0.320 e. The summed E-state index contributed by atoms with van der Waals surface area (Å²) in [6, 6.07) is 1.01. The first-order valence-corrected chi connectivity index (χ1v) is 5.79.